The summed E-state index contributed by atoms with van der Waals surface area (Å²) in [6, 6.07) is 12.3. The first kappa shape index (κ1) is 13.3. The fourth-order valence-electron chi connectivity index (χ4n) is 2.37. The molecule has 0 saturated carbocycles. The van der Waals surface area contributed by atoms with E-state index >= 15 is 0 Å². The van der Waals surface area contributed by atoms with Gasteiger partial charge >= 0.3 is 0 Å². The highest BCUT2D eigenvalue weighted by Gasteiger charge is 2.20. The molecule has 21 heavy (non-hydrogen) atoms. The van der Waals surface area contributed by atoms with Crippen molar-refractivity contribution in [3.8, 4) is 0 Å². The van der Waals surface area contributed by atoms with Gasteiger partial charge in [-0.15, -0.1) is 0 Å². The Morgan fingerprint density at radius 3 is 2.95 bits per heavy atom. The summed E-state index contributed by atoms with van der Waals surface area (Å²) in [5, 5.41) is 9.77. The van der Waals surface area contributed by atoms with Crippen LogP contribution in [0, 0.1) is 0 Å². The van der Waals surface area contributed by atoms with Crippen LogP contribution >= 0.6 is 0 Å². The van der Waals surface area contributed by atoms with Crippen LogP contribution < -0.4 is 20.9 Å². The van der Waals surface area contributed by atoms with Crippen molar-refractivity contribution in [1.82, 2.24) is 10.3 Å². The molecule has 0 radical (unpaired) electrons. The minimum Gasteiger partial charge on any atom is -0.391 e. The van der Waals surface area contributed by atoms with E-state index in [1.165, 1.54) is 11.3 Å². The Balaban J connectivity index is 1.73. The van der Waals surface area contributed by atoms with Gasteiger partial charge in [-0.1, -0.05) is 12.1 Å². The summed E-state index contributed by atoms with van der Waals surface area (Å²) in [5.74, 6) is 1.93. The highest BCUT2D eigenvalue weighted by Crippen LogP contribution is 2.35. The van der Waals surface area contributed by atoms with Gasteiger partial charge in [0.2, 0.25) is 0 Å². The van der Waals surface area contributed by atoms with E-state index in [2.05, 4.69) is 44.0 Å². The monoisotopic (exact) mass is 281 g/mol. The lowest BCUT2D eigenvalue weighted by Gasteiger charge is -2.13. The molecule has 108 valence electrons. The first-order valence-electron chi connectivity index (χ1n) is 6.94. The van der Waals surface area contributed by atoms with Crippen molar-refractivity contribution in [3.63, 3.8) is 0 Å². The van der Waals surface area contributed by atoms with E-state index in [9.17, 15) is 0 Å². The molecule has 2 aromatic rings. The fraction of sp³-hybridized carbons (Fsp3) is 0.188. The second-order valence-corrected chi connectivity index (χ2v) is 4.92. The summed E-state index contributed by atoms with van der Waals surface area (Å²) in [7, 11) is 3.95. The molecule has 0 aliphatic carbocycles. The topological polar surface area (TPSA) is 52.2 Å². The maximum atomic E-state index is 4.26. The summed E-state index contributed by atoms with van der Waals surface area (Å²) < 4.78 is 0. The maximum Gasteiger partial charge on any atom is 0.126 e. The second kappa shape index (κ2) is 5.75. The van der Waals surface area contributed by atoms with Crippen LogP contribution in [0.4, 0.5) is 17.2 Å². The Morgan fingerprint density at radius 1 is 1.29 bits per heavy atom. The predicted octanol–water partition coefficient (Wildman–Crippen LogP) is 2.57. The van der Waals surface area contributed by atoms with E-state index in [1.54, 1.807) is 6.20 Å². The van der Waals surface area contributed by atoms with Crippen LogP contribution in [0.25, 0.3) is 0 Å². The van der Waals surface area contributed by atoms with Crippen molar-refractivity contribution >= 4 is 17.2 Å². The van der Waals surface area contributed by atoms with Crippen molar-refractivity contribution in [3.05, 3.63) is 60.2 Å². The normalized spacial score (nSPS) is 14.8. The van der Waals surface area contributed by atoms with E-state index in [0.717, 1.165) is 23.9 Å². The molecular formula is C16H19N5. The third-order valence-corrected chi connectivity index (χ3v) is 3.47. The molecule has 1 aromatic carbocycles. The standard InChI is InChI=1S/C16H19N5/c1-17-11-16-20-13-9-12(6-7-14(13)21(16)2)10-19-15-5-3-4-8-18-15/h3-9,11,17,20H,10H2,1-2H3,(H,18,19)/b16-11+. The number of hydrogen-bond donors (Lipinski definition) is 3. The Kier molecular flexibility index (Phi) is 3.64. The van der Waals surface area contributed by atoms with E-state index in [1.807, 2.05) is 38.5 Å². The number of aromatic nitrogens is 1. The molecule has 1 aromatic heterocycles. The molecule has 3 rings (SSSR count). The molecule has 5 nitrogen and oxygen atoms in total. The third kappa shape index (κ3) is 2.76. The van der Waals surface area contributed by atoms with Gasteiger partial charge in [-0.05, 0) is 29.8 Å². The number of hydrogen-bond acceptors (Lipinski definition) is 5. The zero-order valence-corrected chi connectivity index (χ0v) is 12.2. The van der Waals surface area contributed by atoms with Crippen molar-refractivity contribution in [1.29, 1.82) is 0 Å². The quantitative estimate of drug-likeness (QED) is 0.804. The Labute approximate surface area is 124 Å². The molecule has 0 atom stereocenters. The predicted molar refractivity (Wildman–Crippen MR) is 87.2 cm³/mol. The molecule has 0 spiro atoms. The summed E-state index contributed by atoms with van der Waals surface area (Å²) in [6.07, 6.45) is 3.74. The lowest BCUT2D eigenvalue weighted by Crippen LogP contribution is -2.16. The maximum absolute atomic E-state index is 4.26. The van der Waals surface area contributed by atoms with E-state index in [4.69, 9.17) is 0 Å². The Morgan fingerprint density at radius 2 is 2.19 bits per heavy atom. The molecule has 2 heterocycles. The molecule has 0 unspecified atom stereocenters. The summed E-state index contributed by atoms with van der Waals surface area (Å²) in [5.41, 5.74) is 3.52. The summed E-state index contributed by atoms with van der Waals surface area (Å²) in [4.78, 5) is 6.39. The van der Waals surface area contributed by atoms with E-state index in [-0.39, 0.29) is 0 Å². The van der Waals surface area contributed by atoms with Crippen molar-refractivity contribution < 1.29 is 0 Å². The zero-order valence-electron chi connectivity index (χ0n) is 12.2. The number of pyridine rings is 1. The number of nitrogens with zero attached hydrogens (tertiary/aromatic N) is 2. The lowest BCUT2D eigenvalue weighted by atomic mass is 10.1. The molecule has 0 saturated heterocycles. The summed E-state index contributed by atoms with van der Waals surface area (Å²) in [6.45, 7) is 0.751. The highest BCUT2D eigenvalue weighted by molar-refractivity contribution is 5.81. The molecule has 1 aliphatic heterocycles. The minimum absolute atomic E-state index is 0.751. The first-order chi connectivity index (χ1) is 10.3. The smallest absolute Gasteiger partial charge is 0.126 e. The SMILES string of the molecule is CN/C=C1\Nc2cc(CNc3ccccn3)ccc2N1C. The van der Waals surface area contributed by atoms with Gasteiger partial charge < -0.3 is 20.9 Å². The summed E-state index contributed by atoms with van der Waals surface area (Å²) >= 11 is 0. The second-order valence-electron chi connectivity index (χ2n) is 4.92. The number of anilines is 3. The Bertz CT molecular complexity index is 651. The highest BCUT2D eigenvalue weighted by atomic mass is 15.3. The van der Waals surface area contributed by atoms with Crippen LogP contribution in [-0.2, 0) is 6.54 Å². The molecule has 5 heteroatoms. The van der Waals surface area contributed by atoms with E-state index in [0.29, 0.717) is 0 Å². The van der Waals surface area contributed by atoms with Gasteiger partial charge in [0.05, 0.1) is 11.4 Å². The van der Waals surface area contributed by atoms with Gasteiger partial charge in [0.15, 0.2) is 0 Å². The molecule has 0 fully saturated rings. The van der Waals surface area contributed by atoms with Crippen LogP contribution in [0.3, 0.4) is 0 Å². The molecular weight excluding hydrogens is 262 g/mol. The van der Waals surface area contributed by atoms with Crippen LogP contribution in [0.2, 0.25) is 0 Å². The van der Waals surface area contributed by atoms with Crippen molar-refractivity contribution in [2.75, 3.05) is 29.6 Å². The van der Waals surface area contributed by atoms with Gasteiger partial charge in [-0.25, -0.2) is 4.98 Å². The first-order valence-corrected chi connectivity index (χ1v) is 6.94. The molecule has 0 bridgehead atoms. The number of nitrogens with one attached hydrogen (secondary N) is 3. The number of fused-ring (bicyclic) bond motifs is 1. The average molecular weight is 281 g/mol. The van der Waals surface area contributed by atoms with Gasteiger partial charge in [-0.2, -0.15) is 0 Å². The van der Waals surface area contributed by atoms with E-state index < -0.39 is 0 Å². The van der Waals surface area contributed by atoms with Crippen molar-refractivity contribution in [2.45, 2.75) is 6.54 Å². The molecule has 0 amide bonds. The number of benzene rings is 1. The van der Waals surface area contributed by atoms with Crippen LogP contribution in [0.15, 0.2) is 54.6 Å². The number of rotatable bonds is 4. The van der Waals surface area contributed by atoms with Crippen molar-refractivity contribution in [2.24, 2.45) is 0 Å². The fourth-order valence-corrected chi connectivity index (χ4v) is 2.37. The van der Waals surface area contributed by atoms with Gasteiger partial charge in [0.1, 0.15) is 11.6 Å². The Hall–Kier alpha value is -2.69. The van der Waals surface area contributed by atoms with Crippen LogP contribution in [0.1, 0.15) is 5.56 Å². The van der Waals surface area contributed by atoms with Crippen LogP contribution in [-0.4, -0.2) is 19.1 Å². The van der Waals surface area contributed by atoms with Gasteiger partial charge in [0.25, 0.3) is 0 Å². The largest absolute Gasteiger partial charge is 0.391 e. The minimum atomic E-state index is 0.751. The molecule has 1 aliphatic rings. The molecule has 3 N–H and O–H groups in total. The lowest BCUT2D eigenvalue weighted by molar-refractivity contribution is 1.04. The van der Waals surface area contributed by atoms with Gasteiger partial charge in [0, 0.05) is 33.0 Å². The average Bonchev–Trinajstić information content (AvgIpc) is 2.83. The van der Waals surface area contributed by atoms with Crippen LogP contribution in [0.5, 0.6) is 0 Å². The third-order valence-electron chi connectivity index (χ3n) is 3.47. The zero-order chi connectivity index (χ0) is 14.7. The van der Waals surface area contributed by atoms with Gasteiger partial charge in [-0.3, -0.25) is 0 Å².